The van der Waals surface area contributed by atoms with Crippen molar-refractivity contribution in [3.8, 4) is 0 Å². The number of allylic oxidation sites excluding steroid dienone is 1. The number of hydrogen-bond acceptors (Lipinski definition) is 5. The molecule has 6 heteroatoms. The smallest absolute Gasteiger partial charge is 0.277 e. The third-order valence-corrected chi connectivity index (χ3v) is 4.17. The summed E-state index contributed by atoms with van der Waals surface area (Å²) in [5.41, 5.74) is 1.25. The standard InChI is InChI=1S/C18H13NO5/c1-9-7-12-13(8-10(9)2)17(21)18(22)15(16(12)20)11-5-3-4-6-14(11)19(23)24/h3-8,20H,1-2H3. The molecule has 24 heavy (non-hydrogen) atoms. The number of fused-ring (bicyclic) bond motifs is 1. The van der Waals surface area contributed by atoms with Gasteiger partial charge < -0.3 is 5.11 Å². The molecule has 120 valence electrons. The minimum atomic E-state index is -0.947. The minimum Gasteiger partial charge on any atom is -0.506 e. The number of ketones is 2. The number of Topliss-reactive ketones (excluding diaryl/α,β-unsaturated/α-hetero) is 2. The monoisotopic (exact) mass is 323 g/mol. The highest BCUT2D eigenvalue weighted by atomic mass is 16.6. The van der Waals surface area contributed by atoms with Gasteiger partial charge in [0.25, 0.3) is 5.69 Å². The van der Waals surface area contributed by atoms with Crippen molar-refractivity contribution in [3.05, 3.63) is 74.3 Å². The van der Waals surface area contributed by atoms with Crippen molar-refractivity contribution < 1.29 is 19.6 Å². The Bertz CT molecular complexity index is 956. The van der Waals surface area contributed by atoms with Crippen LogP contribution in [0.25, 0.3) is 11.3 Å². The largest absolute Gasteiger partial charge is 0.506 e. The Morgan fingerprint density at radius 3 is 2.12 bits per heavy atom. The highest BCUT2D eigenvalue weighted by Crippen LogP contribution is 2.37. The predicted octanol–water partition coefficient (Wildman–Crippen LogP) is 3.40. The Kier molecular flexibility index (Phi) is 3.52. The minimum absolute atomic E-state index is 0.0674. The lowest BCUT2D eigenvalue weighted by Crippen LogP contribution is -2.24. The van der Waals surface area contributed by atoms with Crippen LogP contribution < -0.4 is 0 Å². The third kappa shape index (κ3) is 2.20. The van der Waals surface area contributed by atoms with Crippen molar-refractivity contribution in [2.45, 2.75) is 13.8 Å². The van der Waals surface area contributed by atoms with Crippen molar-refractivity contribution in [2.24, 2.45) is 0 Å². The molecule has 2 aromatic rings. The van der Waals surface area contributed by atoms with Gasteiger partial charge >= 0.3 is 0 Å². The molecule has 0 aromatic heterocycles. The summed E-state index contributed by atoms with van der Waals surface area (Å²) in [6.07, 6.45) is 0. The highest BCUT2D eigenvalue weighted by Gasteiger charge is 2.36. The van der Waals surface area contributed by atoms with Gasteiger partial charge in [-0.3, -0.25) is 19.7 Å². The zero-order valence-corrected chi connectivity index (χ0v) is 13.0. The summed E-state index contributed by atoms with van der Waals surface area (Å²) in [7, 11) is 0. The van der Waals surface area contributed by atoms with E-state index >= 15 is 0 Å². The second-order valence-electron chi connectivity index (χ2n) is 5.64. The molecule has 0 saturated carbocycles. The van der Waals surface area contributed by atoms with Crippen LogP contribution in [0.2, 0.25) is 0 Å². The fourth-order valence-electron chi connectivity index (χ4n) is 2.77. The quantitative estimate of drug-likeness (QED) is 0.519. The number of aliphatic hydroxyl groups excluding tert-OH is 1. The summed E-state index contributed by atoms with van der Waals surface area (Å²) < 4.78 is 0. The van der Waals surface area contributed by atoms with Crippen LogP contribution in [0.3, 0.4) is 0 Å². The summed E-state index contributed by atoms with van der Waals surface area (Å²) in [6, 6.07) is 8.70. The molecule has 0 radical (unpaired) electrons. The Morgan fingerprint density at radius 2 is 1.50 bits per heavy atom. The number of para-hydroxylation sites is 1. The molecule has 1 aliphatic rings. The average molecular weight is 323 g/mol. The first-order valence-electron chi connectivity index (χ1n) is 7.20. The van der Waals surface area contributed by atoms with Gasteiger partial charge in [-0.1, -0.05) is 12.1 Å². The first-order chi connectivity index (χ1) is 11.3. The molecule has 1 aliphatic carbocycles. The summed E-state index contributed by atoms with van der Waals surface area (Å²) in [4.78, 5) is 35.5. The van der Waals surface area contributed by atoms with Crippen LogP contribution in [-0.2, 0) is 4.79 Å². The number of nitro groups is 1. The van der Waals surface area contributed by atoms with E-state index in [1.807, 2.05) is 6.92 Å². The van der Waals surface area contributed by atoms with E-state index in [2.05, 4.69) is 0 Å². The van der Waals surface area contributed by atoms with Crippen molar-refractivity contribution in [1.82, 2.24) is 0 Å². The number of nitrogens with zero attached hydrogens (tertiary/aromatic N) is 1. The molecule has 0 spiro atoms. The number of carbonyl (C=O) groups excluding carboxylic acids is 2. The lowest BCUT2D eigenvalue weighted by atomic mass is 9.83. The Morgan fingerprint density at radius 1 is 0.917 bits per heavy atom. The van der Waals surface area contributed by atoms with Crippen molar-refractivity contribution >= 4 is 28.6 Å². The van der Waals surface area contributed by atoms with Crippen LogP contribution in [0.15, 0.2) is 36.4 Å². The van der Waals surface area contributed by atoms with E-state index in [0.717, 1.165) is 11.1 Å². The first-order valence-corrected chi connectivity index (χ1v) is 7.20. The first kappa shape index (κ1) is 15.6. The van der Waals surface area contributed by atoms with Crippen molar-refractivity contribution in [2.75, 3.05) is 0 Å². The third-order valence-electron chi connectivity index (χ3n) is 4.17. The Labute approximate surface area is 137 Å². The van der Waals surface area contributed by atoms with Gasteiger partial charge in [0.2, 0.25) is 11.6 Å². The van der Waals surface area contributed by atoms with E-state index in [1.165, 1.54) is 24.3 Å². The van der Waals surface area contributed by atoms with E-state index < -0.39 is 22.2 Å². The lowest BCUT2D eigenvalue weighted by molar-refractivity contribution is -0.385. The maximum absolute atomic E-state index is 12.5. The molecule has 1 N–H and O–H groups in total. The molecule has 3 rings (SSSR count). The van der Waals surface area contributed by atoms with Crippen molar-refractivity contribution in [3.63, 3.8) is 0 Å². The van der Waals surface area contributed by atoms with Crippen LogP contribution in [0.4, 0.5) is 5.69 Å². The fourth-order valence-corrected chi connectivity index (χ4v) is 2.77. The number of hydrogen-bond donors (Lipinski definition) is 1. The van der Waals surface area contributed by atoms with E-state index in [4.69, 9.17) is 0 Å². The topological polar surface area (TPSA) is 97.5 Å². The summed E-state index contributed by atoms with van der Waals surface area (Å²) in [5.74, 6) is -2.14. The molecule has 2 aromatic carbocycles. The van der Waals surface area contributed by atoms with Crippen LogP contribution in [0.1, 0.15) is 32.6 Å². The molecule has 0 saturated heterocycles. The number of rotatable bonds is 2. The summed E-state index contributed by atoms with van der Waals surface area (Å²) in [6.45, 7) is 3.61. The van der Waals surface area contributed by atoms with Gasteiger partial charge in [0, 0.05) is 17.2 Å². The molecular formula is C18H13NO5. The van der Waals surface area contributed by atoms with Gasteiger partial charge in [-0.05, 0) is 43.2 Å². The maximum atomic E-state index is 12.5. The van der Waals surface area contributed by atoms with Crippen LogP contribution in [-0.4, -0.2) is 21.6 Å². The number of aliphatic hydroxyl groups is 1. The average Bonchev–Trinajstić information content (AvgIpc) is 2.55. The van der Waals surface area contributed by atoms with E-state index in [1.54, 1.807) is 19.1 Å². The molecule has 0 bridgehead atoms. The number of benzene rings is 2. The molecule has 0 aliphatic heterocycles. The maximum Gasteiger partial charge on any atom is 0.277 e. The molecule has 0 atom stereocenters. The molecule has 0 unspecified atom stereocenters. The number of aryl methyl sites for hydroxylation is 2. The molecular weight excluding hydrogens is 310 g/mol. The molecule has 0 amide bonds. The van der Waals surface area contributed by atoms with Gasteiger partial charge in [-0.15, -0.1) is 0 Å². The SMILES string of the molecule is Cc1cc2c(cc1C)C(O)=C(c1ccccc1[N+](=O)[O-])C(=O)C2=O. The van der Waals surface area contributed by atoms with E-state index in [0.29, 0.717) is 0 Å². The van der Waals surface area contributed by atoms with Gasteiger partial charge in [-0.25, -0.2) is 0 Å². The highest BCUT2D eigenvalue weighted by molar-refractivity contribution is 6.62. The van der Waals surface area contributed by atoms with Crippen LogP contribution in [0, 0.1) is 24.0 Å². The lowest BCUT2D eigenvalue weighted by Gasteiger charge is -2.19. The van der Waals surface area contributed by atoms with Crippen LogP contribution >= 0.6 is 0 Å². The Hall–Kier alpha value is -3.28. The summed E-state index contributed by atoms with van der Waals surface area (Å²) >= 11 is 0. The number of nitro benzene ring substituents is 1. The van der Waals surface area contributed by atoms with E-state index in [-0.39, 0.29) is 28.0 Å². The fraction of sp³-hybridized carbons (Fsp3) is 0.111. The second kappa shape index (κ2) is 5.42. The Balaban J connectivity index is 2.36. The molecule has 0 heterocycles. The van der Waals surface area contributed by atoms with Gasteiger partial charge in [-0.2, -0.15) is 0 Å². The van der Waals surface area contributed by atoms with Gasteiger partial charge in [0.05, 0.1) is 16.1 Å². The second-order valence-corrected chi connectivity index (χ2v) is 5.64. The summed E-state index contributed by atoms with van der Waals surface area (Å²) in [5, 5.41) is 21.8. The zero-order chi connectivity index (χ0) is 17.6. The predicted molar refractivity (Wildman–Crippen MR) is 87.8 cm³/mol. The molecule has 0 fully saturated rings. The van der Waals surface area contributed by atoms with Gasteiger partial charge in [0.1, 0.15) is 5.76 Å². The van der Waals surface area contributed by atoms with Crippen molar-refractivity contribution in [1.29, 1.82) is 0 Å². The zero-order valence-electron chi connectivity index (χ0n) is 13.0. The molecule has 6 nitrogen and oxygen atoms in total. The number of carbonyl (C=O) groups is 2. The van der Waals surface area contributed by atoms with E-state index in [9.17, 15) is 24.8 Å². The van der Waals surface area contributed by atoms with Gasteiger partial charge in [0.15, 0.2) is 0 Å². The van der Waals surface area contributed by atoms with Crippen LogP contribution in [0.5, 0.6) is 0 Å². The normalized spacial score (nSPS) is 13.9.